The second-order valence-corrected chi connectivity index (χ2v) is 6.81. The molecule has 2 atom stereocenters. The molecule has 2 rings (SSSR count). The minimum Gasteiger partial charge on any atom is -0.328 e. The topological polar surface area (TPSA) is 63.4 Å². The van der Waals surface area contributed by atoms with Gasteiger partial charge in [0.15, 0.2) is 0 Å². The Balaban J connectivity index is 0.00000200. The van der Waals surface area contributed by atoms with Crippen molar-refractivity contribution in [2.45, 2.75) is 24.3 Å². The second-order valence-electron chi connectivity index (χ2n) is 4.88. The van der Waals surface area contributed by atoms with Crippen molar-refractivity contribution in [2.75, 3.05) is 13.1 Å². The molecule has 1 aliphatic rings. The molecule has 0 aromatic heterocycles. The Morgan fingerprint density at radius 2 is 1.85 bits per heavy atom. The molecule has 0 aliphatic carbocycles. The lowest BCUT2D eigenvalue weighted by Gasteiger charge is -2.18. The molecule has 20 heavy (non-hydrogen) atoms. The predicted octanol–water partition coefficient (Wildman–Crippen LogP) is 1.74. The maximum absolute atomic E-state index is 13.1. The molecule has 0 spiro atoms. The van der Waals surface area contributed by atoms with E-state index in [9.17, 15) is 17.2 Å². The van der Waals surface area contributed by atoms with E-state index >= 15 is 0 Å². The second kappa shape index (κ2) is 6.34. The molecule has 1 saturated heterocycles. The highest BCUT2D eigenvalue weighted by atomic mass is 35.5. The summed E-state index contributed by atoms with van der Waals surface area (Å²) in [5, 5.41) is 0. The summed E-state index contributed by atoms with van der Waals surface area (Å²) < 4.78 is 52.0. The zero-order valence-electron chi connectivity index (χ0n) is 10.9. The largest absolute Gasteiger partial charge is 0.328 e. The number of hydrogen-bond donors (Lipinski definition) is 1. The van der Waals surface area contributed by atoms with Crippen LogP contribution in [0.15, 0.2) is 23.1 Å². The molecule has 1 aromatic carbocycles. The molecular weight excluding hydrogens is 310 g/mol. The number of hydrogen-bond acceptors (Lipinski definition) is 3. The van der Waals surface area contributed by atoms with Crippen molar-refractivity contribution >= 4 is 22.4 Å². The van der Waals surface area contributed by atoms with Crippen molar-refractivity contribution in [2.24, 2.45) is 11.7 Å². The lowest BCUT2D eigenvalue weighted by Crippen LogP contribution is -2.33. The molecule has 4 nitrogen and oxygen atoms in total. The maximum Gasteiger partial charge on any atom is 0.243 e. The molecule has 1 aliphatic heterocycles. The number of nitrogens with zero attached hydrogens (tertiary/aromatic N) is 1. The van der Waals surface area contributed by atoms with Gasteiger partial charge in [0.2, 0.25) is 10.0 Å². The number of halogens is 3. The van der Waals surface area contributed by atoms with Crippen LogP contribution in [0.5, 0.6) is 0 Å². The van der Waals surface area contributed by atoms with E-state index in [2.05, 4.69) is 0 Å². The first kappa shape index (κ1) is 17.3. The minimum atomic E-state index is -3.85. The van der Waals surface area contributed by atoms with Gasteiger partial charge < -0.3 is 5.73 Å². The molecule has 0 bridgehead atoms. The van der Waals surface area contributed by atoms with Crippen molar-refractivity contribution in [3.63, 3.8) is 0 Å². The average molecular weight is 327 g/mol. The number of nitrogens with two attached hydrogens (primary N) is 1. The van der Waals surface area contributed by atoms with E-state index in [0.29, 0.717) is 19.0 Å². The van der Waals surface area contributed by atoms with Gasteiger partial charge in [0.1, 0.15) is 11.6 Å². The Bertz CT molecular complexity index is 561. The third kappa shape index (κ3) is 3.46. The van der Waals surface area contributed by atoms with Crippen LogP contribution in [0.3, 0.4) is 0 Å². The van der Waals surface area contributed by atoms with E-state index in [1.165, 1.54) is 4.31 Å². The van der Waals surface area contributed by atoms with Gasteiger partial charge in [-0.15, -0.1) is 12.4 Å². The normalized spacial score (nSPS) is 21.5. The fourth-order valence-corrected chi connectivity index (χ4v) is 3.78. The summed E-state index contributed by atoms with van der Waals surface area (Å²) in [5.74, 6) is -1.73. The van der Waals surface area contributed by atoms with Gasteiger partial charge in [-0.3, -0.25) is 0 Å². The van der Waals surface area contributed by atoms with E-state index < -0.39 is 21.7 Å². The predicted molar refractivity (Wildman–Crippen MR) is 74.1 cm³/mol. The Labute approximate surface area is 123 Å². The van der Waals surface area contributed by atoms with Crippen LogP contribution in [-0.2, 0) is 10.0 Å². The summed E-state index contributed by atoms with van der Waals surface area (Å²) in [6.07, 6.45) is 0.661. The van der Waals surface area contributed by atoms with Gasteiger partial charge in [-0.05, 0) is 31.4 Å². The Morgan fingerprint density at radius 3 is 2.30 bits per heavy atom. The molecule has 0 amide bonds. The smallest absolute Gasteiger partial charge is 0.243 e. The minimum absolute atomic E-state index is 0. The van der Waals surface area contributed by atoms with Crippen LogP contribution in [0.1, 0.15) is 13.3 Å². The van der Waals surface area contributed by atoms with Gasteiger partial charge in [0, 0.05) is 25.2 Å². The third-order valence-corrected chi connectivity index (χ3v) is 5.25. The number of sulfonamides is 1. The van der Waals surface area contributed by atoms with Crippen LogP contribution in [0.25, 0.3) is 0 Å². The molecule has 0 radical (unpaired) electrons. The van der Waals surface area contributed by atoms with Crippen LogP contribution in [0.4, 0.5) is 8.78 Å². The number of rotatable bonds is 3. The van der Waals surface area contributed by atoms with E-state index in [1.807, 2.05) is 6.92 Å². The molecule has 1 heterocycles. The van der Waals surface area contributed by atoms with Gasteiger partial charge in [0.25, 0.3) is 0 Å². The molecule has 0 saturated carbocycles. The standard InChI is InChI=1S/C12H16F2N2O2S.ClH/c1-8(15)9-2-3-16(7-9)19(17,18)12-5-10(13)4-11(14)6-12;/h4-6,8-9H,2-3,7,15H2,1H3;1H. The van der Waals surface area contributed by atoms with Crippen LogP contribution in [-0.4, -0.2) is 31.9 Å². The van der Waals surface area contributed by atoms with Crippen molar-refractivity contribution < 1.29 is 17.2 Å². The molecule has 2 unspecified atom stereocenters. The highest BCUT2D eigenvalue weighted by molar-refractivity contribution is 7.89. The van der Waals surface area contributed by atoms with Crippen molar-refractivity contribution in [3.8, 4) is 0 Å². The highest BCUT2D eigenvalue weighted by Gasteiger charge is 2.34. The Hall–Kier alpha value is -0.760. The first-order valence-corrected chi connectivity index (χ1v) is 7.46. The third-order valence-electron chi connectivity index (χ3n) is 3.40. The molecule has 114 valence electrons. The molecule has 8 heteroatoms. The maximum atomic E-state index is 13.1. The van der Waals surface area contributed by atoms with E-state index in [-0.39, 0.29) is 35.8 Å². The quantitative estimate of drug-likeness (QED) is 0.920. The number of benzene rings is 1. The Morgan fingerprint density at radius 1 is 1.30 bits per heavy atom. The van der Waals surface area contributed by atoms with E-state index in [0.717, 1.165) is 12.1 Å². The molecule has 1 aromatic rings. The van der Waals surface area contributed by atoms with Gasteiger partial charge in [0.05, 0.1) is 4.90 Å². The van der Waals surface area contributed by atoms with Gasteiger partial charge in [-0.25, -0.2) is 17.2 Å². The summed E-state index contributed by atoms with van der Waals surface area (Å²) >= 11 is 0. The summed E-state index contributed by atoms with van der Waals surface area (Å²) in [5.41, 5.74) is 5.75. The first-order valence-electron chi connectivity index (χ1n) is 6.02. The fourth-order valence-electron chi connectivity index (χ4n) is 2.23. The fraction of sp³-hybridized carbons (Fsp3) is 0.500. The highest BCUT2D eigenvalue weighted by Crippen LogP contribution is 2.26. The van der Waals surface area contributed by atoms with Gasteiger partial charge in [-0.1, -0.05) is 0 Å². The van der Waals surface area contributed by atoms with Crippen LogP contribution in [0, 0.1) is 17.6 Å². The molecular formula is C12H17ClF2N2O2S. The summed E-state index contributed by atoms with van der Waals surface area (Å²) in [6, 6.07) is 2.20. The van der Waals surface area contributed by atoms with Crippen molar-refractivity contribution in [1.82, 2.24) is 4.31 Å². The first-order chi connectivity index (χ1) is 8.80. The van der Waals surface area contributed by atoms with Gasteiger partial charge >= 0.3 is 0 Å². The average Bonchev–Trinajstić information content (AvgIpc) is 2.77. The van der Waals surface area contributed by atoms with E-state index in [1.54, 1.807) is 0 Å². The lowest BCUT2D eigenvalue weighted by atomic mass is 10.0. The Kier molecular flexibility index (Phi) is 5.48. The van der Waals surface area contributed by atoms with Crippen molar-refractivity contribution in [1.29, 1.82) is 0 Å². The lowest BCUT2D eigenvalue weighted by molar-refractivity contribution is 0.428. The summed E-state index contributed by atoms with van der Waals surface area (Å²) in [7, 11) is -3.85. The summed E-state index contributed by atoms with van der Waals surface area (Å²) in [6.45, 7) is 2.44. The zero-order chi connectivity index (χ0) is 14.2. The van der Waals surface area contributed by atoms with E-state index in [4.69, 9.17) is 5.73 Å². The van der Waals surface area contributed by atoms with Gasteiger partial charge in [-0.2, -0.15) is 4.31 Å². The van der Waals surface area contributed by atoms with Crippen LogP contribution in [0.2, 0.25) is 0 Å². The van der Waals surface area contributed by atoms with Crippen LogP contribution < -0.4 is 5.73 Å². The van der Waals surface area contributed by atoms with Crippen LogP contribution >= 0.6 is 12.4 Å². The SMILES string of the molecule is CC(N)C1CCN(S(=O)(=O)c2cc(F)cc(F)c2)C1.Cl. The monoisotopic (exact) mass is 326 g/mol. The molecule has 2 N–H and O–H groups in total. The van der Waals surface area contributed by atoms with Crippen molar-refractivity contribution in [3.05, 3.63) is 29.8 Å². The summed E-state index contributed by atoms with van der Waals surface area (Å²) in [4.78, 5) is -0.352. The molecule has 1 fully saturated rings. The zero-order valence-corrected chi connectivity index (χ0v) is 12.6.